The van der Waals surface area contributed by atoms with Crippen molar-refractivity contribution in [3.8, 4) is 17.2 Å². The average Bonchev–Trinajstić information content (AvgIpc) is 2.62. The van der Waals surface area contributed by atoms with Crippen LogP contribution in [0.3, 0.4) is 0 Å². The predicted octanol–water partition coefficient (Wildman–Crippen LogP) is 3.51. The molecule has 0 radical (unpaired) electrons. The fourth-order valence-electron chi connectivity index (χ4n) is 2.57. The number of aromatic nitrogens is 1. The number of hydrogen-bond acceptors (Lipinski definition) is 5. The second kappa shape index (κ2) is 7.51. The van der Waals surface area contributed by atoms with Crippen LogP contribution in [-0.4, -0.2) is 33.6 Å². The molecule has 3 rings (SSSR count). The Kier molecular flexibility index (Phi) is 5.14. The van der Waals surface area contributed by atoms with E-state index in [9.17, 15) is 14.7 Å². The molecular weight excluding hydrogens is 372 g/mol. The fourth-order valence-corrected chi connectivity index (χ4v) is 2.75. The van der Waals surface area contributed by atoms with Gasteiger partial charge in [-0.1, -0.05) is 17.7 Å². The third kappa shape index (κ3) is 4.09. The van der Waals surface area contributed by atoms with Gasteiger partial charge in [-0.25, -0.2) is 4.98 Å². The molecule has 3 aromatic rings. The summed E-state index contributed by atoms with van der Waals surface area (Å²) in [5, 5.41) is 22.9. The summed E-state index contributed by atoms with van der Waals surface area (Å²) in [6.07, 6.45) is 0. The van der Waals surface area contributed by atoms with Gasteiger partial charge in [0.25, 0.3) is 5.91 Å². The summed E-state index contributed by atoms with van der Waals surface area (Å²) in [5.41, 5.74) is 0.263. The minimum atomic E-state index is -1.20. The molecule has 0 aliphatic carbocycles. The van der Waals surface area contributed by atoms with E-state index < -0.39 is 18.4 Å². The number of carbonyl (C=O) groups is 2. The average molecular weight is 387 g/mol. The highest BCUT2D eigenvalue weighted by molar-refractivity contribution is 6.30. The Labute approximate surface area is 159 Å². The molecule has 1 heterocycles. The summed E-state index contributed by atoms with van der Waals surface area (Å²) in [6.45, 7) is 1.11. The van der Waals surface area contributed by atoms with Crippen molar-refractivity contribution in [2.45, 2.75) is 6.92 Å². The molecule has 0 spiro atoms. The van der Waals surface area contributed by atoms with Crippen LogP contribution in [0.1, 0.15) is 16.2 Å². The van der Waals surface area contributed by atoms with Gasteiger partial charge in [-0.2, -0.15) is 0 Å². The second-order valence-corrected chi connectivity index (χ2v) is 6.17. The first-order valence-corrected chi connectivity index (χ1v) is 8.29. The Balaban J connectivity index is 2.00. The molecule has 8 heteroatoms. The van der Waals surface area contributed by atoms with E-state index in [1.54, 1.807) is 49.4 Å². The molecule has 0 fully saturated rings. The number of amides is 1. The van der Waals surface area contributed by atoms with Crippen LogP contribution >= 0.6 is 11.6 Å². The summed E-state index contributed by atoms with van der Waals surface area (Å²) >= 11 is 5.95. The fraction of sp³-hybridized carbons (Fsp3) is 0.105. The molecule has 1 aromatic heterocycles. The van der Waals surface area contributed by atoms with E-state index in [0.717, 1.165) is 0 Å². The van der Waals surface area contributed by atoms with Crippen LogP contribution in [0, 0.1) is 6.92 Å². The Morgan fingerprint density at radius 1 is 1.15 bits per heavy atom. The van der Waals surface area contributed by atoms with Crippen LogP contribution in [0.15, 0.2) is 42.5 Å². The van der Waals surface area contributed by atoms with Crippen molar-refractivity contribution in [2.24, 2.45) is 0 Å². The minimum absolute atomic E-state index is 0.249. The smallest absolute Gasteiger partial charge is 0.322 e. The Morgan fingerprint density at radius 3 is 2.59 bits per heavy atom. The van der Waals surface area contributed by atoms with E-state index >= 15 is 0 Å². The molecule has 0 unspecified atom stereocenters. The lowest BCUT2D eigenvalue weighted by Gasteiger charge is -2.12. The van der Waals surface area contributed by atoms with Crippen LogP contribution < -0.4 is 10.1 Å². The summed E-state index contributed by atoms with van der Waals surface area (Å²) < 4.78 is 5.75. The molecule has 0 bridgehead atoms. The van der Waals surface area contributed by atoms with Gasteiger partial charge in [0.05, 0.1) is 0 Å². The lowest BCUT2D eigenvalue weighted by atomic mass is 10.1. The maximum atomic E-state index is 12.1. The normalized spacial score (nSPS) is 10.6. The molecule has 0 aliphatic heterocycles. The molecule has 7 nitrogen and oxygen atoms in total. The van der Waals surface area contributed by atoms with Crippen molar-refractivity contribution in [2.75, 3.05) is 6.54 Å². The first-order valence-electron chi connectivity index (χ1n) is 7.92. The highest BCUT2D eigenvalue weighted by Crippen LogP contribution is 2.34. The molecule has 0 atom stereocenters. The number of aryl methyl sites for hydroxylation is 1. The largest absolute Gasteiger partial charge is 0.505 e. The van der Waals surface area contributed by atoms with E-state index in [0.29, 0.717) is 33.0 Å². The molecule has 0 saturated carbocycles. The predicted molar refractivity (Wildman–Crippen MR) is 99.6 cm³/mol. The van der Waals surface area contributed by atoms with Crippen molar-refractivity contribution in [1.82, 2.24) is 10.3 Å². The Hall–Kier alpha value is -3.32. The van der Waals surface area contributed by atoms with Gasteiger partial charge in [0.1, 0.15) is 18.0 Å². The first-order chi connectivity index (χ1) is 12.8. The summed E-state index contributed by atoms with van der Waals surface area (Å²) in [5.74, 6) is -1.37. The van der Waals surface area contributed by atoms with Gasteiger partial charge >= 0.3 is 5.97 Å². The summed E-state index contributed by atoms with van der Waals surface area (Å²) in [4.78, 5) is 26.8. The highest BCUT2D eigenvalue weighted by atomic mass is 35.5. The zero-order valence-corrected chi connectivity index (χ0v) is 14.9. The van der Waals surface area contributed by atoms with Crippen LogP contribution in [0.5, 0.6) is 17.2 Å². The summed E-state index contributed by atoms with van der Waals surface area (Å²) in [7, 11) is 0. The number of fused-ring (bicyclic) bond motifs is 1. The standard InChI is InChI=1S/C19H15ClN2O5/c1-10-14-6-5-13(27-12-4-2-3-11(20)7-12)8-15(14)18(25)17(22-10)19(26)21-9-16(23)24/h2-8,25H,9H2,1H3,(H,21,26)(H,23,24). The number of nitrogens with one attached hydrogen (secondary N) is 1. The van der Waals surface area contributed by atoms with Gasteiger partial charge < -0.3 is 20.3 Å². The quantitative estimate of drug-likeness (QED) is 0.619. The van der Waals surface area contributed by atoms with E-state index in [4.69, 9.17) is 21.4 Å². The van der Waals surface area contributed by atoms with Gasteiger partial charge in [0.2, 0.25) is 0 Å². The number of ether oxygens (including phenoxy) is 1. The monoisotopic (exact) mass is 386 g/mol. The van der Waals surface area contributed by atoms with E-state index in [1.807, 2.05) is 0 Å². The minimum Gasteiger partial charge on any atom is -0.505 e. The van der Waals surface area contributed by atoms with Crippen LogP contribution in [0.25, 0.3) is 10.8 Å². The van der Waals surface area contributed by atoms with Gasteiger partial charge in [0, 0.05) is 21.5 Å². The number of carbonyl (C=O) groups excluding carboxylic acids is 1. The van der Waals surface area contributed by atoms with Crippen LogP contribution in [-0.2, 0) is 4.79 Å². The first kappa shape index (κ1) is 18.5. The van der Waals surface area contributed by atoms with Gasteiger partial charge in [-0.3, -0.25) is 9.59 Å². The Morgan fingerprint density at radius 2 is 1.89 bits per heavy atom. The zero-order valence-electron chi connectivity index (χ0n) is 14.2. The molecule has 27 heavy (non-hydrogen) atoms. The van der Waals surface area contributed by atoms with E-state index in [1.165, 1.54) is 0 Å². The van der Waals surface area contributed by atoms with Crippen LogP contribution in [0.2, 0.25) is 5.02 Å². The number of nitrogens with zero attached hydrogens (tertiary/aromatic N) is 1. The van der Waals surface area contributed by atoms with Gasteiger partial charge in [0.15, 0.2) is 11.4 Å². The maximum absolute atomic E-state index is 12.1. The zero-order chi connectivity index (χ0) is 19.6. The number of benzene rings is 2. The van der Waals surface area contributed by atoms with Crippen molar-refractivity contribution >= 4 is 34.2 Å². The number of pyridine rings is 1. The number of carboxylic acid groups (broad SMARTS) is 1. The van der Waals surface area contributed by atoms with Crippen molar-refractivity contribution in [3.63, 3.8) is 0 Å². The molecular formula is C19H15ClN2O5. The number of carboxylic acids is 1. The second-order valence-electron chi connectivity index (χ2n) is 5.74. The SMILES string of the molecule is Cc1nc(C(=O)NCC(=O)O)c(O)c2cc(Oc3cccc(Cl)c3)ccc12. The van der Waals surface area contributed by atoms with Gasteiger partial charge in [-0.15, -0.1) is 0 Å². The molecule has 1 amide bonds. The highest BCUT2D eigenvalue weighted by Gasteiger charge is 2.19. The number of rotatable bonds is 5. The van der Waals surface area contributed by atoms with Crippen LogP contribution in [0.4, 0.5) is 0 Å². The Bertz CT molecular complexity index is 1050. The summed E-state index contributed by atoms with van der Waals surface area (Å²) in [6, 6.07) is 11.9. The third-order valence-corrected chi connectivity index (χ3v) is 4.02. The molecule has 2 aromatic carbocycles. The van der Waals surface area contributed by atoms with Crippen molar-refractivity contribution in [1.29, 1.82) is 0 Å². The maximum Gasteiger partial charge on any atom is 0.322 e. The molecule has 0 aliphatic rings. The number of halogens is 1. The lowest BCUT2D eigenvalue weighted by molar-refractivity contribution is -0.135. The number of aliphatic carboxylic acids is 1. The van der Waals surface area contributed by atoms with Crippen molar-refractivity contribution in [3.05, 3.63) is 58.9 Å². The number of aromatic hydroxyl groups is 1. The number of hydrogen-bond donors (Lipinski definition) is 3. The topological polar surface area (TPSA) is 109 Å². The third-order valence-electron chi connectivity index (χ3n) is 3.79. The van der Waals surface area contributed by atoms with Gasteiger partial charge in [-0.05, 0) is 43.3 Å². The van der Waals surface area contributed by atoms with E-state index in [2.05, 4.69) is 10.3 Å². The molecule has 0 saturated heterocycles. The van der Waals surface area contributed by atoms with Crippen molar-refractivity contribution < 1.29 is 24.5 Å². The van der Waals surface area contributed by atoms with E-state index in [-0.39, 0.29) is 11.4 Å². The molecule has 138 valence electrons. The molecule has 3 N–H and O–H groups in total. The lowest BCUT2D eigenvalue weighted by Crippen LogP contribution is -2.30.